The maximum absolute atomic E-state index is 12.7. The van der Waals surface area contributed by atoms with Gasteiger partial charge in [-0.05, 0) is 35.4 Å². The third-order valence-corrected chi connectivity index (χ3v) is 4.42. The SMILES string of the molecule is CC(NC(=O)c1ccccc1)C(=O)N(C)Cc1cccc2ccccc12. The minimum atomic E-state index is -0.595. The van der Waals surface area contributed by atoms with E-state index in [2.05, 4.69) is 23.5 Å². The van der Waals surface area contributed by atoms with Gasteiger partial charge in [0.25, 0.3) is 5.91 Å². The molecule has 3 aromatic carbocycles. The molecular weight excluding hydrogens is 324 g/mol. The van der Waals surface area contributed by atoms with Crippen molar-refractivity contribution in [3.05, 3.63) is 83.9 Å². The van der Waals surface area contributed by atoms with E-state index < -0.39 is 6.04 Å². The largest absolute Gasteiger partial charge is 0.341 e. The molecule has 1 atom stereocenters. The molecule has 4 nitrogen and oxygen atoms in total. The molecule has 0 spiro atoms. The Kier molecular flexibility index (Phi) is 5.32. The molecule has 0 saturated carbocycles. The monoisotopic (exact) mass is 346 g/mol. The van der Waals surface area contributed by atoms with Crippen LogP contribution in [0.25, 0.3) is 10.8 Å². The third kappa shape index (κ3) is 3.91. The molecule has 0 radical (unpaired) electrons. The second-order valence-corrected chi connectivity index (χ2v) is 6.39. The van der Waals surface area contributed by atoms with Gasteiger partial charge in [0, 0.05) is 19.2 Å². The summed E-state index contributed by atoms with van der Waals surface area (Å²) >= 11 is 0. The Morgan fingerprint density at radius 1 is 0.923 bits per heavy atom. The Morgan fingerprint density at radius 2 is 1.58 bits per heavy atom. The lowest BCUT2D eigenvalue weighted by atomic mass is 10.0. The zero-order chi connectivity index (χ0) is 18.5. The van der Waals surface area contributed by atoms with E-state index in [1.807, 2.05) is 30.3 Å². The van der Waals surface area contributed by atoms with Crippen molar-refractivity contribution in [2.24, 2.45) is 0 Å². The summed E-state index contributed by atoms with van der Waals surface area (Å²) in [6, 6.07) is 22.5. The van der Waals surface area contributed by atoms with Gasteiger partial charge >= 0.3 is 0 Å². The highest BCUT2D eigenvalue weighted by Gasteiger charge is 2.20. The fraction of sp³-hybridized carbons (Fsp3) is 0.182. The Morgan fingerprint density at radius 3 is 2.35 bits per heavy atom. The van der Waals surface area contributed by atoms with Crippen LogP contribution in [0.4, 0.5) is 0 Å². The number of fused-ring (bicyclic) bond motifs is 1. The molecule has 0 aliphatic heterocycles. The van der Waals surface area contributed by atoms with E-state index in [9.17, 15) is 9.59 Å². The number of likely N-dealkylation sites (N-methyl/N-ethyl adjacent to an activating group) is 1. The molecule has 2 amide bonds. The van der Waals surface area contributed by atoms with Crippen molar-refractivity contribution in [1.29, 1.82) is 0 Å². The van der Waals surface area contributed by atoms with Crippen LogP contribution < -0.4 is 5.32 Å². The van der Waals surface area contributed by atoms with Gasteiger partial charge in [0.2, 0.25) is 5.91 Å². The molecular formula is C22H22N2O2. The number of carbonyl (C=O) groups is 2. The van der Waals surface area contributed by atoms with Crippen molar-refractivity contribution < 1.29 is 9.59 Å². The number of hydrogen-bond acceptors (Lipinski definition) is 2. The van der Waals surface area contributed by atoms with E-state index in [0.29, 0.717) is 12.1 Å². The first kappa shape index (κ1) is 17.7. The summed E-state index contributed by atoms with van der Waals surface area (Å²) in [5.74, 6) is -0.368. The molecule has 1 unspecified atom stereocenters. The molecule has 0 aromatic heterocycles. The van der Waals surface area contributed by atoms with Gasteiger partial charge in [0.05, 0.1) is 0 Å². The Balaban J connectivity index is 1.68. The van der Waals surface area contributed by atoms with Gasteiger partial charge in [0.1, 0.15) is 6.04 Å². The average Bonchev–Trinajstić information content (AvgIpc) is 2.68. The molecule has 3 rings (SSSR count). The topological polar surface area (TPSA) is 49.4 Å². The van der Waals surface area contributed by atoms with Crippen LogP contribution in [0, 0.1) is 0 Å². The summed E-state index contributed by atoms with van der Waals surface area (Å²) in [6.45, 7) is 2.20. The summed E-state index contributed by atoms with van der Waals surface area (Å²) in [7, 11) is 1.76. The summed E-state index contributed by atoms with van der Waals surface area (Å²) < 4.78 is 0. The Labute approximate surface area is 153 Å². The van der Waals surface area contributed by atoms with E-state index in [0.717, 1.165) is 16.3 Å². The number of benzene rings is 3. The third-order valence-electron chi connectivity index (χ3n) is 4.42. The van der Waals surface area contributed by atoms with Gasteiger partial charge in [-0.3, -0.25) is 9.59 Å². The van der Waals surface area contributed by atoms with E-state index in [-0.39, 0.29) is 11.8 Å². The number of nitrogens with zero attached hydrogens (tertiary/aromatic N) is 1. The number of rotatable bonds is 5. The molecule has 0 aliphatic carbocycles. The van der Waals surface area contributed by atoms with Crippen LogP contribution in [0.2, 0.25) is 0 Å². The van der Waals surface area contributed by atoms with Crippen LogP contribution in [0.3, 0.4) is 0 Å². The minimum absolute atomic E-state index is 0.123. The van der Waals surface area contributed by atoms with Crippen LogP contribution in [-0.4, -0.2) is 29.8 Å². The first-order chi connectivity index (χ1) is 12.6. The number of carbonyl (C=O) groups excluding carboxylic acids is 2. The van der Waals surface area contributed by atoms with Gasteiger partial charge in [0.15, 0.2) is 0 Å². The number of hydrogen-bond donors (Lipinski definition) is 1. The van der Waals surface area contributed by atoms with Crippen LogP contribution >= 0.6 is 0 Å². The normalized spacial score (nSPS) is 11.8. The molecule has 0 aliphatic rings. The Hall–Kier alpha value is -3.14. The maximum Gasteiger partial charge on any atom is 0.251 e. The highest BCUT2D eigenvalue weighted by molar-refractivity contribution is 5.97. The average molecular weight is 346 g/mol. The molecule has 132 valence electrons. The maximum atomic E-state index is 12.7. The predicted molar refractivity (Wildman–Crippen MR) is 104 cm³/mol. The molecule has 1 N–H and O–H groups in total. The molecule has 0 bridgehead atoms. The minimum Gasteiger partial charge on any atom is -0.341 e. The molecule has 4 heteroatoms. The second-order valence-electron chi connectivity index (χ2n) is 6.39. The van der Waals surface area contributed by atoms with Crippen molar-refractivity contribution >= 4 is 22.6 Å². The van der Waals surface area contributed by atoms with Crippen molar-refractivity contribution in [2.75, 3.05) is 7.05 Å². The van der Waals surface area contributed by atoms with Gasteiger partial charge < -0.3 is 10.2 Å². The highest BCUT2D eigenvalue weighted by Crippen LogP contribution is 2.19. The highest BCUT2D eigenvalue weighted by atomic mass is 16.2. The van der Waals surface area contributed by atoms with E-state index in [1.165, 1.54) is 0 Å². The van der Waals surface area contributed by atoms with Crippen molar-refractivity contribution in [2.45, 2.75) is 19.5 Å². The summed E-state index contributed by atoms with van der Waals surface area (Å²) in [4.78, 5) is 26.5. The molecule has 0 fully saturated rings. The quantitative estimate of drug-likeness (QED) is 0.767. The lowest BCUT2D eigenvalue weighted by Gasteiger charge is -2.23. The summed E-state index contributed by atoms with van der Waals surface area (Å²) in [5.41, 5.74) is 1.63. The van der Waals surface area contributed by atoms with Crippen LogP contribution in [0.5, 0.6) is 0 Å². The van der Waals surface area contributed by atoms with Crippen molar-refractivity contribution in [3.8, 4) is 0 Å². The zero-order valence-electron chi connectivity index (χ0n) is 15.0. The first-order valence-corrected chi connectivity index (χ1v) is 8.64. The van der Waals surface area contributed by atoms with E-state index in [4.69, 9.17) is 0 Å². The van der Waals surface area contributed by atoms with E-state index >= 15 is 0 Å². The van der Waals surface area contributed by atoms with Gasteiger partial charge in [-0.25, -0.2) is 0 Å². The predicted octanol–water partition coefficient (Wildman–Crippen LogP) is 3.62. The molecule has 0 heterocycles. The second kappa shape index (κ2) is 7.83. The summed E-state index contributed by atoms with van der Waals surface area (Å²) in [6.07, 6.45) is 0. The summed E-state index contributed by atoms with van der Waals surface area (Å²) in [5, 5.41) is 5.05. The van der Waals surface area contributed by atoms with Gasteiger partial charge in [-0.2, -0.15) is 0 Å². The zero-order valence-corrected chi connectivity index (χ0v) is 15.0. The van der Waals surface area contributed by atoms with Crippen molar-refractivity contribution in [3.63, 3.8) is 0 Å². The van der Waals surface area contributed by atoms with Gasteiger partial charge in [-0.1, -0.05) is 60.7 Å². The number of amides is 2. The molecule has 3 aromatic rings. The van der Waals surface area contributed by atoms with Crippen molar-refractivity contribution in [1.82, 2.24) is 10.2 Å². The lowest BCUT2D eigenvalue weighted by Crippen LogP contribution is -2.45. The number of nitrogens with one attached hydrogen (secondary N) is 1. The van der Waals surface area contributed by atoms with Crippen LogP contribution in [0.1, 0.15) is 22.8 Å². The van der Waals surface area contributed by atoms with Gasteiger partial charge in [-0.15, -0.1) is 0 Å². The standard InChI is InChI=1S/C22H22N2O2/c1-16(23-21(25)18-10-4-3-5-11-18)22(26)24(2)15-19-13-8-12-17-9-6-7-14-20(17)19/h3-14,16H,15H2,1-2H3,(H,23,25). The first-order valence-electron chi connectivity index (χ1n) is 8.64. The fourth-order valence-corrected chi connectivity index (χ4v) is 3.03. The van der Waals surface area contributed by atoms with Crippen LogP contribution in [-0.2, 0) is 11.3 Å². The lowest BCUT2D eigenvalue weighted by molar-refractivity contribution is -0.132. The smallest absolute Gasteiger partial charge is 0.251 e. The molecule has 0 saturated heterocycles. The van der Waals surface area contributed by atoms with Crippen LogP contribution in [0.15, 0.2) is 72.8 Å². The fourth-order valence-electron chi connectivity index (χ4n) is 3.03. The Bertz CT molecular complexity index is 916. The van der Waals surface area contributed by atoms with E-state index in [1.54, 1.807) is 43.1 Å². The molecule has 26 heavy (non-hydrogen) atoms.